The van der Waals surface area contributed by atoms with Gasteiger partial charge in [0.25, 0.3) is 0 Å². The van der Waals surface area contributed by atoms with E-state index >= 15 is 0 Å². The summed E-state index contributed by atoms with van der Waals surface area (Å²) in [6, 6.07) is 0. The summed E-state index contributed by atoms with van der Waals surface area (Å²) < 4.78 is 34.8. The van der Waals surface area contributed by atoms with E-state index in [0.717, 1.165) is 44.9 Å². The zero-order chi connectivity index (χ0) is 18.8. The fourth-order valence-corrected chi connectivity index (χ4v) is 3.20. The second-order valence-electron chi connectivity index (χ2n) is 6.87. The van der Waals surface area contributed by atoms with Gasteiger partial charge in [0.05, 0.1) is 6.61 Å². The third kappa shape index (κ3) is 24.5. The van der Waals surface area contributed by atoms with Crippen LogP contribution in [-0.4, -0.2) is 25.4 Å². The SMILES string of the molecule is CCCCCC(=O)CCCCCCCCCCCCCOS(=O)(=O)[O-].[Na+]. The fourth-order valence-electron chi connectivity index (χ4n) is 2.87. The average molecular weight is 401 g/mol. The second-order valence-corrected chi connectivity index (χ2v) is 7.92. The molecule has 0 bridgehead atoms. The van der Waals surface area contributed by atoms with Gasteiger partial charge in [-0.05, 0) is 19.3 Å². The molecule has 0 heterocycles. The predicted molar refractivity (Wildman–Crippen MR) is 100 cm³/mol. The second kappa shape index (κ2) is 20.3. The molecule has 150 valence electrons. The van der Waals surface area contributed by atoms with Crippen molar-refractivity contribution in [3.8, 4) is 0 Å². The van der Waals surface area contributed by atoms with Crippen LogP contribution in [0.3, 0.4) is 0 Å². The van der Waals surface area contributed by atoms with Gasteiger partial charge in [0.2, 0.25) is 10.4 Å². The monoisotopic (exact) mass is 400 g/mol. The smallest absolute Gasteiger partial charge is 0.726 e. The summed E-state index contributed by atoms with van der Waals surface area (Å²) in [4.78, 5) is 11.6. The maximum Gasteiger partial charge on any atom is 1.00 e. The van der Waals surface area contributed by atoms with Crippen molar-refractivity contribution in [3.05, 3.63) is 0 Å². The van der Waals surface area contributed by atoms with Crippen molar-refractivity contribution in [2.75, 3.05) is 6.61 Å². The third-order valence-corrected chi connectivity index (χ3v) is 4.84. The molecule has 0 fully saturated rings. The molecule has 0 aliphatic carbocycles. The summed E-state index contributed by atoms with van der Waals surface area (Å²) in [5.41, 5.74) is 0. The fraction of sp³-hybridized carbons (Fsp3) is 0.947. The molecule has 0 spiro atoms. The molecule has 0 amide bonds. The molecule has 0 radical (unpaired) electrons. The number of Topliss-reactive ketones (excluding diaryl/α,β-unsaturated/α-hetero) is 1. The Morgan fingerprint density at radius 1 is 0.731 bits per heavy atom. The molecule has 0 unspecified atom stereocenters. The number of rotatable bonds is 19. The van der Waals surface area contributed by atoms with Crippen LogP contribution in [0.2, 0.25) is 0 Å². The van der Waals surface area contributed by atoms with Gasteiger partial charge >= 0.3 is 29.6 Å². The summed E-state index contributed by atoms with van der Waals surface area (Å²) in [5.74, 6) is 0.437. The molecule has 0 aliphatic rings. The molecule has 5 nitrogen and oxygen atoms in total. The van der Waals surface area contributed by atoms with Crippen molar-refractivity contribution in [2.45, 2.75) is 110 Å². The Kier molecular flexibility index (Phi) is 22.4. The number of carbonyl (C=O) groups excluding carboxylic acids is 1. The van der Waals surface area contributed by atoms with E-state index in [1.54, 1.807) is 0 Å². The van der Waals surface area contributed by atoms with E-state index in [9.17, 15) is 17.8 Å². The average Bonchev–Trinajstić information content (AvgIpc) is 2.54. The Labute approximate surface area is 183 Å². The summed E-state index contributed by atoms with van der Waals surface area (Å²) in [6.07, 6.45) is 17.1. The normalized spacial score (nSPS) is 11.3. The maximum atomic E-state index is 11.6. The van der Waals surface area contributed by atoms with Crippen molar-refractivity contribution < 1.29 is 51.5 Å². The summed E-state index contributed by atoms with van der Waals surface area (Å²) in [7, 11) is -4.52. The molecule has 0 rings (SSSR count). The van der Waals surface area contributed by atoms with E-state index in [1.807, 2.05) is 0 Å². The van der Waals surface area contributed by atoms with Crippen molar-refractivity contribution in [3.63, 3.8) is 0 Å². The van der Waals surface area contributed by atoms with Gasteiger partial charge in [-0.3, -0.25) is 8.98 Å². The molecule has 0 aromatic carbocycles. The molecule has 0 atom stereocenters. The Morgan fingerprint density at radius 2 is 1.12 bits per heavy atom. The first-order valence-electron chi connectivity index (χ1n) is 10.1. The Hall–Kier alpha value is 0.540. The number of hydrogen-bond acceptors (Lipinski definition) is 5. The van der Waals surface area contributed by atoms with Crippen LogP contribution in [0.1, 0.15) is 110 Å². The van der Waals surface area contributed by atoms with Gasteiger partial charge in [-0.15, -0.1) is 0 Å². The molecular formula is C19H37NaO5S. The van der Waals surface area contributed by atoms with E-state index in [-0.39, 0.29) is 36.2 Å². The molecule has 26 heavy (non-hydrogen) atoms. The number of carbonyl (C=O) groups is 1. The van der Waals surface area contributed by atoms with Gasteiger partial charge in [0.1, 0.15) is 5.78 Å². The van der Waals surface area contributed by atoms with Crippen molar-refractivity contribution >= 4 is 16.2 Å². The number of ketones is 1. The van der Waals surface area contributed by atoms with Gasteiger partial charge < -0.3 is 4.55 Å². The molecule has 7 heteroatoms. The van der Waals surface area contributed by atoms with E-state index in [0.29, 0.717) is 12.2 Å². The molecule has 0 aromatic heterocycles. The van der Waals surface area contributed by atoms with E-state index in [2.05, 4.69) is 11.1 Å². The molecule has 0 N–H and O–H groups in total. The minimum Gasteiger partial charge on any atom is -0.726 e. The van der Waals surface area contributed by atoms with Crippen LogP contribution in [0.4, 0.5) is 0 Å². The maximum absolute atomic E-state index is 11.6. The number of hydrogen-bond donors (Lipinski definition) is 0. The van der Waals surface area contributed by atoms with Crippen molar-refractivity contribution in [1.82, 2.24) is 0 Å². The van der Waals surface area contributed by atoms with Crippen LogP contribution in [0, 0.1) is 0 Å². The van der Waals surface area contributed by atoms with Crippen LogP contribution in [0.25, 0.3) is 0 Å². The number of unbranched alkanes of at least 4 members (excludes halogenated alkanes) is 12. The first-order chi connectivity index (χ1) is 12.0. The standard InChI is InChI=1S/C19H38O5S.Na/c1-2-3-13-16-19(20)17-14-11-9-7-5-4-6-8-10-12-15-18-24-25(21,22)23;/h2-18H2,1H3,(H,21,22,23);/q;+1/p-1. The topological polar surface area (TPSA) is 83.5 Å². The van der Waals surface area contributed by atoms with Crippen LogP contribution in [0.5, 0.6) is 0 Å². The summed E-state index contributed by atoms with van der Waals surface area (Å²) in [6.45, 7) is 2.16. The summed E-state index contributed by atoms with van der Waals surface area (Å²) >= 11 is 0. The largest absolute Gasteiger partial charge is 1.00 e. The minimum atomic E-state index is -4.52. The third-order valence-electron chi connectivity index (χ3n) is 4.39. The van der Waals surface area contributed by atoms with Gasteiger partial charge in [-0.25, -0.2) is 8.42 Å². The Morgan fingerprint density at radius 3 is 1.54 bits per heavy atom. The van der Waals surface area contributed by atoms with Gasteiger partial charge in [-0.2, -0.15) is 0 Å². The van der Waals surface area contributed by atoms with Gasteiger partial charge in [-0.1, -0.05) is 77.6 Å². The van der Waals surface area contributed by atoms with Gasteiger partial charge in [0, 0.05) is 12.8 Å². The van der Waals surface area contributed by atoms with E-state index < -0.39 is 10.4 Å². The minimum absolute atomic E-state index is 0. The van der Waals surface area contributed by atoms with Crippen LogP contribution in [0.15, 0.2) is 0 Å². The molecule has 0 aliphatic heterocycles. The quantitative estimate of drug-likeness (QED) is 0.144. The Bertz CT molecular complexity index is 412. The van der Waals surface area contributed by atoms with Crippen molar-refractivity contribution in [2.24, 2.45) is 0 Å². The Balaban J connectivity index is 0. The first kappa shape index (κ1) is 28.7. The zero-order valence-corrected chi connectivity index (χ0v) is 19.8. The van der Waals surface area contributed by atoms with Crippen LogP contribution in [-0.2, 0) is 19.4 Å². The molecular weight excluding hydrogens is 363 g/mol. The zero-order valence-electron chi connectivity index (χ0n) is 17.0. The molecule has 0 saturated heterocycles. The predicted octanol–water partition coefficient (Wildman–Crippen LogP) is 2.30. The van der Waals surface area contributed by atoms with Crippen LogP contribution < -0.4 is 29.6 Å². The summed E-state index contributed by atoms with van der Waals surface area (Å²) in [5, 5.41) is 0. The van der Waals surface area contributed by atoms with Crippen molar-refractivity contribution in [1.29, 1.82) is 0 Å². The van der Waals surface area contributed by atoms with E-state index in [1.165, 1.54) is 51.4 Å². The van der Waals surface area contributed by atoms with Crippen LogP contribution >= 0.6 is 0 Å². The van der Waals surface area contributed by atoms with Gasteiger partial charge in [0.15, 0.2) is 0 Å². The van der Waals surface area contributed by atoms with E-state index in [4.69, 9.17) is 0 Å². The molecule has 0 aromatic rings. The first-order valence-corrected chi connectivity index (χ1v) is 11.4. The molecule has 0 saturated carbocycles.